The van der Waals surface area contributed by atoms with Crippen molar-refractivity contribution >= 4 is 12.0 Å². The number of benzene rings is 1. The smallest absolute Gasteiger partial charge is 0.408 e. The molecule has 5 nitrogen and oxygen atoms in total. The fourth-order valence-electron chi connectivity index (χ4n) is 2.90. The first kappa shape index (κ1) is 18.3. The SMILES string of the molecule is CC(C)(C)OC(=O)NC(C(=O)NC1CCCCC1)c1ccccc1. The van der Waals surface area contributed by atoms with Crippen molar-refractivity contribution in [1.29, 1.82) is 0 Å². The molecule has 5 heteroatoms. The molecule has 0 radical (unpaired) electrons. The van der Waals surface area contributed by atoms with E-state index in [4.69, 9.17) is 4.74 Å². The minimum atomic E-state index is -0.747. The van der Waals surface area contributed by atoms with Crippen LogP contribution in [0.1, 0.15) is 64.5 Å². The zero-order valence-electron chi connectivity index (χ0n) is 14.8. The average Bonchev–Trinajstić information content (AvgIpc) is 2.52. The molecule has 0 spiro atoms. The maximum Gasteiger partial charge on any atom is 0.408 e. The summed E-state index contributed by atoms with van der Waals surface area (Å²) >= 11 is 0. The summed E-state index contributed by atoms with van der Waals surface area (Å²) in [6.07, 6.45) is 4.92. The van der Waals surface area contributed by atoms with E-state index in [0.717, 1.165) is 31.2 Å². The zero-order chi connectivity index (χ0) is 17.6. The minimum absolute atomic E-state index is 0.182. The van der Waals surface area contributed by atoms with Gasteiger partial charge in [-0.3, -0.25) is 4.79 Å². The third kappa shape index (κ3) is 5.87. The van der Waals surface area contributed by atoms with E-state index in [-0.39, 0.29) is 11.9 Å². The lowest BCUT2D eigenvalue weighted by Crippen LogP contribution is -2.46. The van der Waals surface area contributed by atoms with Crippen molar-refractivity contribution in [3.8, 4) is 0 Å². The van der Waals surface area contributed by atoms with E-state index in [2.05, 4.69) is 10.6 Å². The summed E-state index contributed by atoms with van der Waals surface area (Å²) in [4.78, 5) is 24.9. The summed E-state index contributed by atoms with van der Waals surface area (Å²) in [5, 5.41) is 5.78. The first-order valence-electron chi connectivity index (χ1n) is 8.70. The number of hydrogen-bond acceptors (Lipinski definition) is 3. The zero-order valence-corrected chi connectivity index (χ0v) is 14.8. The lowest BCUT2D eigenvalue weighted by molar-refractivity contribution is -0.124. The minimum Gasteiger partial charge on any atom is -0.444 e. The Morgan fingerprint density at radius 1 is 1.08 bits per heavy atom. The molecule has 0 aromatic heterocycles. The van der Waals surface area contributed by atoms with E-state index in [9.17, 15) is 9.59 Å². The number of alkyl carbamates (subject to hydrolysis) is 1. The number of carbonyl (C=O) groups is 2. The van der Waals surface area contributed by atoms with Crippen molar-refractivity contribution in [2.75, 3.05) is 0 Å². The van der Waals surface area contributed by atoms with Gasteiger partial charge in [0.1, 0.15) is 11.6 Å². The van der Waals surface area contributed by atoms with Crippen LogP contribution >= 0.6 is 0 Å². The number of amides is 2. The van der Waals surface area contributed by atoms with Crippen LogP contribution in [0.3, 0.4) is 0 Å². The van der Waals surface area contributed by atoms with Gasteiger partial charge in [-0.15, -0.1) is 0 Å². The highest BCUT2D eigenvalue weighted by atomic mass is 16.6. The summed E-state index contributed by atoms with van der Waals surface area (Å²) in [7, 11) is 0. The van der Waals surface area contributed by atoms with Gasteiger partial charge in [0.2, 0.25) is 5.91 Å². The molecule has 1 unspecified atom stereocenters. The molecule has 1 aromatic carbocycles. The molecule has 1 aliphatic rings. The van der Waals surface area contributed by atoms with Gasteiger partial charge in [-0.2, -0.15) is 0 Å². The Kier molecular flexibility index (Phi) is 6.23. The first-order chi connectivity index (χ1) is 11.3. The van der Waals surface area contributed by atoms with E-state index >= 15 is 0 Å². The molecule has 132 valence electrons. The van der Waals surface area contributed by atoms with Gasteiger partial charge in [-0.25, -0.2) is 4.79 Å². The molecule has 1 fully saturated rings. The Balaban J connectivity index is 2.07. The second-order valence-corrected chi connectivity index (χ2v) is 7.33. The van der Waals surface area contributed by atoms with Gasteiger partial charge in [0.25, 0.3) is 0 Å². The Hall–Kier alpha value is -2.04. The third-order valence-corrected chi connectivity index (χ3v) is 4.01. The summed E-state index contributed by atoms with van der Waals surface area (Å²) in [5.41, 5.74) is 0.141. The highest BCUT2D eigenvalue weighted by molar-refractivity contribution is 5.87. The van der Waals surface area contributed by atoms with Crippen LogP contribution < -0.4 is 10.6 Å². The van der Waals surface area contributed by atoms with Crippen LogP contribution in [0, 0.1) is 0 Å². The van der Waals surface area contributed by atoms with Crippen molar-refractivity contribution in [3.63, 3.8) is 0 Å². The Morgan fingerprint density at radius 3 is 2.29 bits per heavy atom. The lowest BCUT2D eigenvalue weighted by Gasteiger charge is -2.27. The van der Waals surface area contributed by atoms with E-state index in [0.29, 0.717) is 0 Å². The maximum atomic E-state index is 12.7. The van der Waals surface area contributed by atoms with Crippen LogP contribution in [0.15, 0.2) is 30.3 Å². The number of nitrogens with one attached hydrogen (secondary N) is 2. The topological polar surface area (TPSA) is 67.4 Å². The average molecular weight is 332 g/mol. The van der Waals surface area contributed by atoms with Crippen molar-refractivity contribution in [2.45, 2.75) is 70.6 Å². The molecule has 1 aromatic rings. The van der Waals surface area contributed by atoms with Crippen LogP contribution in [0.2, 0.25) is 0 Å². The van der Waals surface area contributed by atoms with Gasteiger partial charge in [-0.05, 0) is 39.2 Å². The highest BCUT2D eigenvalue weighted by Crippen LogP contribution is 2.20. The number of ether oxygens (including phenoxy) is 1. The van der Waals surface area contributed by atoms with Gasteiger partial charge < -0.3 is 15.4 Å². The van der Waals surface area contributed by atoms with Crippen molar-refractivity contribution in [3.05, 3.63) is 35.9 Å². The molecule has 1 aliphatic carbocycles. The Morgan fingerprint density at radius 2 is 1.71 bits per heavy atom. The van der Waals surface area contributed by atoms with Crippen LogP contribution in [0.25, 0.3) is 0 Å². The quantitative estimate of drug-likeness (QED) is 0.883. The van der Waals surface area contributed by atoms with E-state index in [1.54, 1.807) is 20.8 Å². The monoisotopic (exact) mass is 332 g/mol. The molecule has 2 rings (SSSR count). The second kappa shape index (κ2) is 8.18. The van der Waals surface area contributed by atoms with Gasteiger partial charge in [0.05, 0.1) is 0 Å². The third-order valence-electron chi connectivity index (χ3n) is 4.01. The molecule has 0 heterocycles. The number of rotatable bonds is 4. The fraction of sp³-hybridized carbons (Fsp3) is 0.579. The van der Waals surface area contributed by atoms with E-state index in [1.165, 1.54) is 6.42 Å². The summed E-state index contributed by atoms with van der Waals surface area (Å²) in [6, 6.07) is 8.71. The van der Waals surface area contributed by atoms with E-state index in [1.807, 2.05) is 30.3 Å². The van der Waals surface area contributed by atoms with Crippen molar-refractivity contribution in [2.24, 2.45) is 0 Å². The van der Waals surface area contributed by atoms with Crippen molar-refractivity contribution < 1.29 is 14.3 Å². The summed E-state index contributed by atoms with van der Waals surface area (Å²) in [6.45, 7) is 5.39. The molecular formula is C19H28N2O3. The normalized spacial score (nSPS) is 17.0. The molecule has 2 N–H and O–H groups in total. The van der Waals surface area contributed by atoms with Crippen LogP contribution in [-0.2, 0) is 9.53 Å². The first-order valence-corrected chi connectivity index (χ1v) is 8.70. The van der Waals surface area contributed by atoms with E-state index < -0.39 is 17.7 Å². The number of carbonyl (C=O) groups excluding carboxylic acids is 2. The predicted octanol–water partition coefficient (Wildman–Crippen LogP) is 3.70. The van der Waals surface area contributed by atoms with Crippen LogP contribution in [0.5, 0.6) is 0 Å². The predicted molar refractivity (Wildman–Crippen MR) is 93.6 cm³/mol. The summed E-state index contributed by atoms with van der Waals surface area (Å²) in [5.74, 6) is -0.182. The standard InChI is InChI=1S/C19H28N2O3/c1-19(2,3)24-18(23)21-16(14-10-6-4-7-11-14)17(22)20-15-12-8-5-9-13-15/h4,6-7,10-11,15-16H,5,8-9,12-13H2,1-3H3,(H,20,22)(H,21,23). The fourth-order valence-corrected chi connectivity index (χ4v) is 2.90. The molecule has 1 saturated carbocycles. The second-order valence-electron chi connectivity index (χ2n) is 7.33. The van der Waals surface area contributed by atoms with Crippen molar-refractivity contribution in [1.82, 2.24) is 10.6 Å². The highest BCUT2D eigenvalue weighted by Gasteiger charge is 2.27. The van der Waals surface area contributed by atoms with Gasteiger partial charge in [0, 0.05) is 6.04 Å². The van der Waals surface area contributed by atoms with Gasteiger partial charge in [-0.1, -0.05) is 49.6 Å². The largest absolute Gasteiger partial charge is 0.444 e. The van der Waals surface area contributed by atoms with Crippen LogP contribution in [0.4, 0.5) is 4.79 Å². The summed E-state index contributed by atoms with van der Waals surface area (Å²) < 4.78 is 5.30. The lowest BCUT2D eigenvalue weighted by atomic mass is 9.95. The molecule has 24 heavy (non-hydrogen) atoms. The molecule has 1 atom stereocenters. The van der Waals surface area contributed by atoms with Gasteiger partial charge in [0.15, 0.2) is 0 Å². The number of hydrogen-bond donors (Lipinski definition) is 2. The molecule has 2 amide bonds. The molecule has 0 bridgehead atoms. The Labute approximate surface area is 144 Å². The van der Waals surface area contributed by atoms with Crippen LogP contribution in [-0.4, -0.2) is 23.6 Å². The molecular weight excluding hydrogens is 304 g/mol. The molecule has 0 aliphatic heterocycles. The van der Waals surface area contributed by atoms with Gasteiger partial charge >= 0.3 is 6.09 Å². The molecule has 0 saturated heterocycles. The maximum absolute atomic E-state index is 12.7. The Bertz CT molecular complexity index is 545.